The summed E-state index contributed by atoms with van der Waals surface area (Å²) in [7, 11) is 1.80. The normalized spacial score (nSPS) is 16.3. The molecule has 0 saturated heterocycles. The van der Waals surface area contributed by atoms with Crippen LogP contribution in [-0.2, 0) is 11.8 Å². The van der Waals surface area contributed by atoms with E-state index >= 15 is 0 Å². The second-order valence-electron chi connectivity index (χ2n) is 9.20. The Morgan fingerprint density at radius 3 is 2.86 bits per heavy atom. The van der Waals surface area contributed by atoms with Gasteiger partial charge < -0.3 is 20.3 Å². The van der Waals surface area contributed by atoms with Crippen LogP contribution in [0.2, 0.25) is 0 Å². The molecule has 2 N–H and O–H groups in total. The Balaban J connectivity index is 1.33. The van der Waals surface area contributed by atoms with Gasteiger partial charge in [0.2, 0.25) is 5.91 Å². The first kappa shape index (κ1) is 22.9. The van der Waals surface area contributed by atoms with Crippen LogP contribution in [0.5, 0.6) is 5.75 Å². The van der Waals surface area contributed by atoms with Crippen molar-refractivity contribution in [1.29, 1.82) is 0 Å². The van der Waals surface area contributed by atoms with Gasteiger partial charge in [0, 0.05) is 30.7 Å². The average Bonchev–Trinajstić information content (AvgIpc) is 3.54. The van der Waals surface area contributed by atoms with Gasteiger partial charge in [-0.3, -0.25) is 19.3 Å². The molecule has 5 rings (SSSR count). The SMILES string of the molecule is Cn1cc(NC(=O)[C@H](CC2CCCC2)NC(=O)c2cccc(N3CCOc4cnccc43)c2)cn1. The number of hydrogen-bond donors (Lipinski definition) is 2. The number of aryl methyl sites for hydroxylation is 1. The molecule has 0 bridgehead atoms. The number of benzene rings is 1. The molecule has 2 amide bonds. The van der Waals surface area contributed by atoms with Crippen molar-refractivity contribution in [3.8, 4) is 5.75 Å². The highest BCUT2D eigenvalue weighted by molar-refractivity contribution is 6.01. The first-order valence-corrected chi connectivity index (χ1v) is 12.1. The first-order chi connectivity index (χ1) is 17.1. The Morgan fingerprint density at radius 2 is 2.06 bits per heavy atom. The number of hydrogen-bond acceptors (Lipinski definition) is 6. The fourth-order valence-corrected chi connectivity index (χ4v) is 4.93. The molecule has 2 aliphatic rings. The standard InChI is InChI=1S/C26H30N6O3/c1-31-17-20(15-28-31)29-26(34)22(13-18-5-2-3-6-18)30-25(33)19-7-4-8-21(14-19)32-11-12-35-24-16-27-10-9-23(24)32/h4,7-10,14-18,22H,2-3,5-6,11-13H2,1H3,(H,29,34)(H,30,33)/t22-/m0/s1. The third kappa shape index (κ3) is 5.29. The van der Waals surface area contributed by atoms with Gasteiger partial charge in [-0.05, 0) is 36.6 Å². The van der Waals surface area contributed by atoms with Crippen LogP contribution in [0.3, 0.4) is 0 Å². The summed E-state index contributed by atoms with van der Waals surface area (Å²) >= 11 is 0. The summed E-state index contributed by atoms with van der Waals surface area (Å²) in [4.78, 5) is 32.7. The third-order valence-corrected chi connectivity index (χ3v) is 6.68. The lowest BCUT2D eigenvalue weighted by Gasteiger charge is -2.31. The van der Waals surface area contributed by atoms with Gasteiger partial charge in [-0.1, -0.05) is 31.7 Å². The number of fused-ring (bicyclic) bond motifs is 1. The monoisotopic (exact) mass is 474 g/mol. The van der Waals surface area contributed by atoms with Crippen molar-refractivity contribution in [1.82, 2.24) is 20.1 Å². The molecule has 0 unspecified atom stereocenters. The molecule has 1 aliphatic carbocycles. The number of carbonyl (C=O) groups excluding carboxylic acids is 2. The maximum Gasteiger partial charge on any atom is 0.252 e. The summed E-state index contributed by atoms with van der Waals surface area (Å²) < 4.78 is 7.34. The van der Waals surface area contributed by atoms with Crippen LogP contribution in [0.25, 0.3) is 0 Å². The Bertz CT molecular complexity index is 1200. The average molecular weight is 475 g/mol. The van der Waals surface area contributed by atoms with E-state index in [1.165, 1.54) is 12.8 Å². The lowest BCUT2D eigenvalue weighted by molar-refractivity contribution is -0.118. The summed E-state index contributed by atoms with van der Waals surface area (Å²) in [5, 5.41) is 10.0. The maximum absolute atomic E-state index is 13.3. The van der Waals surface area contributed by atoms with E-state index in [0.29, 0.717) is 36.7 Å². The van der Waals surface area contributed by atoms with Crippen LogP contribution in [0.1, 0.15) is 42.5 Å². The lowest BCUT2D eigenvalue weighted by Crippen LogP contribution is -2.44. The minimum atomic E-state index is -0.621. The number of ether oxygens (including phenoxy) is 1. The van der Waals surface area contributed by atoms with E-state index in [-0.39, 0.29) is 11.8 Å². The van der Waals surface area contributed by atoms with Crippen molar-refractivity contribution in [2.45, 2.75) is 38.1 Å². The van der Waals surface area contributed by atoms with Gasteiger partial charge in [-0.2, -0.15) is 5.10 Å². The fourth-order valence-electron chi connectivity index (χ4n) is 4.93. The second-order valence-corrected chi connectivity index (χ2v) is 9.20. The molecular weight excluding hydrogens is 444 g/mol. The highest BCUT2D eigenvalue weighted by Crippen LogP contribution is 2.36. The van der Waals surface area contributed by atoms with Crippen molar-refractivity contribution < 1.29 is 14.3 Å². The van der Waals surface area contributed by atoms with Gasteiger partial charge in [0.25, 0.3) is 5.91 Å². The number of anilines is 3. The molecule has 182 valence electrons. The predicted octanol–water partition coefficient (Wildman–Crippen LogP) is 3.66. The molecule has 0 spiro atoms. The van der Waals surface area contributed by atoms with Gasteiger partial charge >= 0.3 is 0 Å². The van der Waals surface area contributed by atoms with Crippen LogP contribution < -0.4 is 20.3 Å². The molecule has 9 nitrogen and oxygen atoms in total. The van der Waals surface area contributed by atoms with Crippen LogP contribution >= 0.6 is 0 Å². The zero-order valence-electron chi connectivity index (χ0n) is 19.8. The zero-order chi connectivity index (χ0) is 24.2. The number of amides is 2. The molecule has 1 saturated carbocycles. The van der Waals surface area contributed by atoms with Crippen LogP contribution in [0.4, 0.5) is 17.1 Å². The van der Waals surface area contributed by atoms with Gasteiger partial charge in [0.1, 0.15) is 12.6 Å². The predicted molar refractivity (Wildman–Crippen MR) is 133 cm³/mol. The van der Waals surface area contributed by atoms with Crippen molar-refractivity contribution in [2.75, 3.05) is 23.4 Å². The summed E-state index contributed by atoms with van der Waals surface area (Å²) in [6, 6.07) is 8.75. The Hall–Kier alpha value is -3.88. The number of carbonyl (C=O) groups is 2. The smallest absolute Gasteiger partial charge is 0.252 e. The number of aromatic nitrogens is 3. The third-order valence-electron chi connectivity index (χ3n) is 6.68. The number of nitrogens with one attached hydrogen (secondary N) is 2. The molecular formula is C26H30N6O3. The number of rotatable bonds is 7. The van der Waals surface area contributed by atoms with Gasteiger partial charge in [-0.25, -0.2) is 0 Å². The largest absolute Gasteiger partial charge is 0.488 e. The molecule has 1 aliphatic heterocycles. The topological polar surface area (TPSA) is 101 Å². The van der Waals surface area contributed by atoms with Crippen molar-refractivity contribution in [3.63, 3.8) is 0 Å². The maximum atomic E-state index is 13.3. The van der Waals surface area contributed by atoms with Crippen molar-refractivity contribution >= 4 is 28.9 Å². The summed E-state index contributed by atoms with van der Waals surface area (Å²) in [5.74, 6) is 0.672. The van der Waals surface area contributed by atoms with Crippen molar-refractivity contribution in [2.24, 2.45) is 13.0 Å². The molecule has 1 atom stereocenters. The van der Waals surface area contributed by atoms with Gasteiger partial charge in [0.05, 0.1) is 30.3 Å². The second kappa shape index (κ2) is 10.2. The molecule has 1 fully saturated rings. The zero-order valence-corrected chi connectivity index (χ0v) is 19.8. The Labute approximate surface area is 204 Å². The van der Waals surface area contributed by atoms with Gasteiger partial charge in [-0.15, -0.1) is 0 Å². The Morgan fingerprint density at radius 1 is 1.20 bits per heavy atom. The molecule has 1 aromatic carbocycles. The molecule has 3 heterocycles. The molecule has 3 aromatic rings. The fraction of sp³-hybridized carbons (Fsp3) is 0.385. The van der Waals surface area contributed by atoms with E-state index in [1.807, 2.05) is 24.3 Å². The highest BCUT2D eigenvalue weighted by atomic mass is 16.5. The molecule has 0 radical (unpaired) electrons. The molecule has 2 aromatic heterocycles. The van der Waals surface area contributed by atoms with E-state index in [9.17, 15) is 9.59 Å². The quantitative estimate of drug-likeness (QED) is 0.542. The number of nitrogens with zero attached hydrogens (tertiary/aromatic N) is 4. The minimum absolute atomic E-state index is 0.219. The summed E-state index contributed by atoms with van der Waals surface area (Å²) in [5.41, 5.74) is 2.93. The van der Waals surface area contributed by atoms with E-state index in [4.69, 9.17) is 4.74 Å². The number of pyridine rings is 1. The van der Waals surface area contributed by atoms with E-state index in [2.05, 4.69) is 25.6 Å². The van der Waals surface area contributed by atoms with E-state index in [0.717, 1.165) is 30.0 Å². The van der Waals surface area contributed by atoms with Crippen LogP contribution in [-0.4, -0.2) is 45.8 Å². The van der Waals surface area contributed by atoms with E-state index in [1.54, 1.807) is 42.6 Å². The minimum Gasteiger partial charge on any atom is -0.488 e. The van der Waals surface area contributed by atoms with Crippen LogP contribution in [0, 0.1) is 5.92 Å². The highest BCUT2D eigenvalue weighted by Gasteiger charge is 2.28. The van der Waals surface area contributed by atoms with E-state index < -0.39 is 6.04 Å². The van der Waals surface area contributed by atoms with Crippen molar-refractivity contribution in [3.05, 3.63) is 60.7 Å². The lowest BCUT2D eigenvalue weighted by atomic mass is 9.97. The van der Waals surface area contributed by atoms with Gasteiger partial charge in [0.15, 0.2) is 5.75 Å². The molecule has 9 heteroatoms. The summed E-state index contributed by atoms with van der Waals surface area (Å²) in [6.45, 7) is 1.20. The van der Waals surface area contributed by atoms with Crippen LogP contribution in [0.15, 0.2) is 55.1 Å². The first-order valence-electron chi connectivity index (χ1n) is 12.1. The molecule has 35 heavy (non-hydrogen) atoms. The Kier molecular flexibility index (Phi) is 6.65. The summed E-state index contributed by atoms with van der Waals surface area (Å²) in [6.07, 6.45) is 11.9.